The molecule has 0 bridgehead atoms. The number of aliphatic carboxylic acids is 1. The number of carboxylic acid groups (broad SMARTS) is 1. The Labute approximate surface area is 175 Å². The standard InChI is InChI=1S/C23H17F3O3S/c24-23(25,26)20-12-17(8-9-19(20)14-4-2-1-3-5-14)29-13-18-10-15-6-7-16(22(27)28)11-21(15)30-18/h1-5,8-12H,6-7,13H2,(H,27,28). The normalized spacial score (nSPS) is 13.5. The van der Waals surface area contributed by atoms with Crippen molar-refractivity contribution in [1.82, 2.24) is 0 Å². The third-order valence-electron chi connectivity index (χ3n) is 4.90. The molecule has 0 unspecified atom stereocenters. The Hall–Kier alpha value is -3.06. The van der Waals surface area contributed by atoms with Gasteiger partial charge in [-0.25, -0.2) is 4.79 Å². The number of fused-ring (bicyclic) bond motifs is 1. The fourth-order valence-electron chi connectivity index (χ4n) is 3.43. The molecule has 3 nitrogen and oxygen atoms in total. The van der Waals surface area contributed by atoms with Crippen LogP contribution < -0.4 is 4.74 Å². The molecule has 2 aromatic carbocycles. The second-order valence-electron chi connectivity index (χ2n) is 6.94. The zero-order valence-corrected chi connectivity index (χ0v) is 16.5. The molecule has 0 amide bonds. The molecule has 0 saturated carbocycles. The van der Waals surface area contributed by atoms with Crippen LogP contribution in [-0.2, 0) is 24.0 Å². The van der Waals surface area contributed by atoms with Gasteiger partial charge < -0.3 is 9.84 Å². The van der Waals surface area contributed by atoms with Gasteiger partial charge in [0.25, 0.3) is 0 Å². The Morgan fingerprint density at radius 3 is 2.53 bits per heavy atom. The third kappa shape index (κ3) is 4.26. The number of hydrogen-bond donors (Lipinski definition) is 1. The van der Waals surface area contributed by atoms with Gasteiger partial charge in [-0.15, -0.1) is 11.3 Å². The molecule has 7 heteroatoms. The van der Waals surface area contributed by atoms with Gasteiger partial charge in [0.1, 0.15) is 12.4 Å². The lowest BCUT2D eigenvalue weighted by Crippen LogP contribution is -2.08. The van der Waals surface area contributed by atoms with E-state index in [9.17, 15) is 18.0 Å². The van der Waals surface area contributed by atoms with E-state index >= 15 is 0 Å². The summed E-state index contributed by atoms with van der Waals surface area (Å²) in [5.41, 5.74) is 1.25. The molecular formula is C23H17F3O3S. The highest BCUT2D eigenvalue weighted by Gasteiger charge is 2.34. The van der Waals surface area contributed by atoms with E-state index in [-0.39, 0.29) is 17.9 Å². The molecule has 154 valence electrons. The number of thiophene rings is 1. The van der Waals surface area contributed by atoms with Crippen LogP contribution in [0.15, 0.2) is 60.2 Å². The maximum atomic E-state index is 13.6. The molecule has 0 fully saturated rings. The van der Waals surface area contributed by atoms with Gasteiger partial charge in [0.15, 0.2) is 0 Å². The van der Waals surface area contributed by atoms with E-state index in [4.69, 9.17) is 9.84 Å². The summed E-state index contributed by atoms with van der Waals surface area (Å²) in [4.78, 5) is 12.8. The van der Waals surface area contributed by atoms with Crippen molar-refractivity contribution in [3.63, 3.8) is 0 Å². The highest BCUT2D eigenvalue weighted by molar-refractivity contribution is 7.13. The number of halogens is 3. The van der Waals surface area contributed by atoms with Gasteiger partial charge in [0.05, 0.1) is 5.56 Å². The second-order valence-corrected chi connectivity index (χ2v) is 8.11. The zero-order chi connectivity index (χ0) is 21.3. The summed E-state index contributed by atoms with van der Waals surface area (Å²) in [5, 5.41) is 9.14. The summed E-state index contributed by atoms with van der Waals surface area (Å²) in [6.45, 7) is 0.121. The number of hydrogen-bond acceptors (Lipinski definition) is 3. The first kappa shape index (κ1) is 20.2. The van der Waals surface area contributed by atoms with Gasteiger partial charge in [0.2, 0.25) is 0 Å². The van der Waals surface area contributed by atoms with E-state index in [0.29, 0.717) is 24.0 Å². The van der Waals surface area contributed by atoms with Crippen molar-refractivity contribution < 1.29 is 27.8 Å². The van der Waals surface area contributed by atoms with Crippen molar-refractivity contribution in [3.8, 4) is 16.9 Å². The van der Waals surface area contributed by atoms with Crippen LogP contribution in [0.1, 0.15) is 27.3 Å². The van der Waals surface area contributed by atoms with Crippen LogP contribution in [0.5, 0.6) is 5.75 Å². The summed E-state index contributed by atoms with van der Waals surface area (Å²) >= 11 is 1.40. The van der Waals surface area contributed by atoms with Gasteiger partial charge in [-0.3, -0.25) is 0 Å². The number of carbonyl (C=O) groups is 1. The van der Waals surface area contributed by atoms with E-state index < -0.39 is 17.7 Å². The quantitative estimate of drug-likeness (QED) is 0.508. The van der Waals surface area contributed by atoms with Crippen LogP contribution in [-0.4, -0.2) is 11.1 Å². The molecule has 4 rings (SSSR count). The summed E-state index contributed by atoms with van der Waals surface area (Å²) in [7, 11) is 0. The van der Waals surface area contributed by atoms with Crippen molar-refractivity contribution in [2.24, 2.45) is 0 Å². The molecule has 0 saturated heterocycles. The molecule has 1 N–H and O–H groups in total. The van der Waals surface area contributed by atoms with Crippen molar-refractivity contribution >= 4 is 23.4 Å². The van der Waals surface area contributed by atoms with E-state index in [1.54, 1.807) is 36.4 Å². The van der Waals surface area contributed by atoms with E-state index in [0.717, 1.165) is 21.4 Å². The van der Waals surface area contributed by atoms with Crippen molar-refractivity contribution in [1.29, 1.82) is 0 Å². The Kier molecular flexibility index (Phi) is 5.39. The first-order chi connectivity index (χ1) is 14.3. The minimum atomic E-state index is -4.51. The Morgan fingerprint density at radius 1 is 1.07 bits per heavy atom. The predicted octanol–water partition coefficient (Wildman–Crippen LogP) is 6.43. The molecule has 0 radical (unpaired) electrons. The number of rotatable bonds is 5. The minimum Gasteiger partial charge on any atom is -0.488 e. The highest BCUT2D eigenvalue weighted by atomic mass is 32.1. The molecule has 0 spiro atoms. The lowest BCUT2D eigenvalue weighted by molar-refractivity contribution is -0.137. The van der Waals surface area contributed by atoms with Crippen LogP contribution in [0.2, 0.25) is 0 Å². The van der Waals surface area contributed by atoms with Crippen molar-refractivity contribution in [2.45, 2.75) is 25.6 Å². The highest BCUT2D eigenvalue weighted by Crippen LogP contribution is 2.39. The lowest BCUT2D eigenvalue weighted by atomic mass is 9.98. The first-order valence-electron chi connectivity index (χ1n) is 9.26. The maximum Gasteiger partial charge on any atom is 0.417 e. The molecule has 1 heterocycles. The molecule has 1 aromatic heterocycles. The van der Waals surface area contributed by atoms with Crippen molar-refractivity contribution in [3.05, 3.63) is 81.1 Å². The summed E-state index contributed by atoms with van der Waals surface area (Å²) in [5.74, 6) is -0.791. The topological polar surface area (TPSA) is 46.5 Å². The number of aryl methyl sites for hydroxylation is 1. The fraction of sp³-hybridized carbons (Fsp3) is 0.174. The average molecular weight is 430 g/mol. The monoisotopic (exact) mass is 430 g/mol. The molecule has 0 atom stereocenters. The number of alkyl halides is 3. The first-order valence-corrected chi connectivity index (χ1v) is 10.1. The van der Waals surface area contributed by atoms with E-state index in [1.807, 2.05) is 6.07 Å². The fourth-order valence-corrected chi connectivity index (χ4v) is 4.53. The molecular weight excluding hydrogens is 413 g/mol. The van der Waals surface area contributed by atoms with Crippen LogP contribution in [0.25, 0.3) is 17.2 Å². The Balaban J connectivity index is 1.56. The Bertz CT molecular complexity index is 1110. The van der Waals surface area contributed by atoms with E-state index in [1.165, 1.54) is 23.5 Å². The minimum absolute atomic E-state index is 0.105. The van der Waals surface area contributed by atoms with Crippen LogP contribution in [0.3, 0.4) is 0 Å². The molecule has 1 aliphatic carbocycles. The summed E-state index contributed by atoms with van der Waals surface area (Å²) < 4.78 is 46.5. The number of carboxylic acids is 1. The third-order valence-corrected chi connectivity index (χ3v) is 6.00. The van der Waals surface area contributed by atoms with Gasteiger partial charge in [-0.1, -0.05) is 36.4 Å². The molecule has 3 aromatic rings. The average Bonchev–Trinajstić information content (AvgIpc) is 3.14. The maximum absolute atomic E-state index is 13.6. The Morgan fingerprint density at radius 2 is 1.83 bits per heavy atom. The molecule has 0 aliphatic heterocycles. The van der Waals surface area contributed by atoms with E-state index in [2.05, 4.69) is 0 Å². The van der Waals surface area contributed by atoms with Gasteiger partial charge >= 0.3 is 12.1 Å². The molecule has 1 aliphatic rings. The lowest BCUT2D eigenvalue weighted by Gasteiger charge is -2.15. The summed E-state index contributed by atoms with van der Waals surface area (Å²) in [6.07, 6.45) is -1.75. The number of ether oxygens (including phenoxy) is 1. The SMILES string of the molecule is O=C(O)C1=Cc2sc(COc3ccc(-c4ccccc4)c(C(F)(F)F)c3)cc2CC1. The second kappa shape index (κ2) is 7.99. The van der Waals surface area contributed by atoms with Crippen LogP contribution in [0.4, 0.5) is 13.2 Å². The largest absolute Gasteiger partial charge is 0.488 e. The van der Waals surface area contributed by atoms with Crippen molar-refractivity contribution in [2.75, 3.05) is 0 Å². The van der Waals surface area contributed by atoms with Crippen LogP contribution in [0, 0.1) is 0 Å². The zero-order valence-electron chi connectivity index (χ0n) is 15.7. The predicted molar refractivity (Wildman–Crippen MR) is 109 cm³/mol. The van der Waals surface area contributed by atoms with Gasteiger partial charge in [0, 0.05) is 15.3 Å². The van der Waals surface area contributed by atoms with Crippen LogP contribution >= 0.6 is 11.3 Å². The number of benzene rings is 2. The smallest absolute Gasteiger partial charge is 0.417 e. The summed E-state index contributed by atoms with van der Waals surface area (Å²) in [6, 6.07) is 14.3. The molecule has 30 heavy (non-hydrogen) atoms. The van der Waals surface area contributed by atoms with Gasteiger partial charge in [-0.05, 0) is 53.8 Å². The van der Waals surface area contributed by atoms with Gasteiger partial charge in [-0.2, -0.15) is 13.2 Å².